The molecule has 0 aliphatic heterocycles. The second-order valence-corrected chi connectivity index (χ2v) is 3.26. The van der Waals surface area contributed by atoms with Gasteiger partial charge in [0.05, 0.1) is 18.1 Å². The Labute approximate surface area is 105 Å². The fraction of sp³-hybridized carbons (Fsp3) is 0.250. The number of carbonyl (C=O) groups is 2. The van der Waals surface area contributed by atoms with Gasteiger partial charge in [-0.15, -0.1) is 0 Å². The zero-order valence-corrected chi connectivity index (χ0v) is 9.82. The molecule has 0 saturated heterocycles. The molecule has 0 aliphatic carbocycles. The second kappa shape index (κ2) is 9.05. The van der Waals surface area contributed by atoms with Gasteiger partial charge < -0.3 is 0 Å². The van der Waals surface area contributed by atoms with Crippen molar-refractivity contribution in [2.45, 2.75) is 19.8 Å². The molecule has 1 aromatic rings. The van der Waals surface area contributed by atoms with E-state index in [9.17, 15) is 18.2 Å². The zero-order chi connectivity index (χ0) is 14.0. The van der Waals surface area contributed by atoms with Crippen molar-refractivity contribution in [3.63, 3.8) is 0 Å². The van der Waals surface area contributed by atoms with Crippen molar-refractivity contribution in [3.8, 4) is 6.07 Å². The summed E-state index contributed by atoms with van der Waals surface area (Å²) in [5.41, 5.74) is 0.990. The van der Waals surface area contributed by atoms with Gasteiger partial charge in [0.15, 0.2) is 5.78 Å². The zero-order valence-electron chi connectivity index (χ0n) is 9.82. The van der Waals surface area contributed by atoms with Crippen LogP contribution in [0.4, 0.5) is 8.63 Å². The van der Waals surface area contributed by atoms with Crippen molar-refractivity contribution in [2.75, 3.05) is 0 Å². The molecule has 0 amide bonds. The number of benzene rings is 1. The second-order valence-electron chi connectivity index (χ2n) is 3.26. The smallest absolute Gasteiger partial charge is 0.299 e. The summed E-state index contributed by atoms with van der Waals surface area (Å²) >= 11 is 0. The van der Waals surface area contributed by atoms with Gasteiger partial charge >= 0.3 is 7.83 Å². The maximum atomic E-state index is 11.5. The number of nitriles is 1. The van der Waals surface area contributed by atoms with E-state index in [4.69, 9.17) is 5.26 Å². The molecule has 1 rings (SSSR count). The molecule has 0 saturated carbocycles. The van der Waals surface area contributed by atoms with Crippen LogP contribution in [0.15, 0.2) is 24.3 Å². The third-order valence-corrected chi connectivity index (χ3v) is 2.09. The molecule has 0 aliphatic rings. The van der Waals surface area contributed by atoms with E-state index >= 15 is 0 Å². The van der Waals surface area contributed by atoms with E-state index in [1.165, 1.54) is 0 Å². The lowest BCUT2D eigenvalue weighted by molar-refractivity contribution is -0.117. The molecule has 0 atom stereocenters. The standard InChI is InChI=1S/C12H11NO2.BF2/c1-2-11(14)7-12(15)10-5-3-9(8-13)4-6-10;2-1-3/h3-6H,2,7H2,1H3;. The summed E-state index contributed by atoms with van der Waals surface area (Å²) in [6.07, 6.45) is 0.324. The summed E-state index contributed by atoms with van der Waals surface area (Å²) in [6.45, 7) is 1.73. The van der Waals surface area contributed by atoms with Crippen molar-refractivity contribution in [1.82, 2.24) is 0 Å². The van der Waals surface area contributed by atoms with Crippen molar-refractivity contribution in [1.29, 1.82) is 5.26 Å². The van der Waals surface area contributed by atoms with E-state index in [-0.39, 0.29) is 18.0 Å². The lowest BCUT2D eigenvalue weighted by Crippen LogP contribution is -2.06. The molecule has 0 N–H and O–H groups in total. The largest absolute Gasteiger partial charge is 0.577 e. The van der Waals surface area contributed by atoms with Gasteiger partial charge in [-0.2, -0.15) is 5.26 Å². The minimum absolute atomic E-state index is 0.0532. The van der Waals surface area contributed by atoms with E-state index < -0.39 is 7.83 Å². The van der Waals surface area contributed by atoms with Crippen LogP contribution in [0.5, 0.6) is 0 Å². The number of hydrogen-bond acceptors (Lipinski definition) is 3. The predicted octanol–water partition coefficient (Wildman–Crippen LogP) is 2.57. The average molecular weight is 250 g/mol. The van der Waals surface area contributed by atoms with Crippen LogP contribution in [0, 0.1) is 11.3 Å². The van der Waals surface area contributed by atoms with E-state index in [0.717, 1.165) is 0 Å². The summed E-state index contributed by atoms with van der Waals surface area (Å²) < 4.78 is 19.0. The highest BCUT2D eigenvalue weighted by atomic mass is 19.2. The quantitative estimate of drug-likeness (QED) is 0.468. The minimum atomic E-state index is -1.00. The fourth-order valence-corrected chi connectivity index (χ4v) is 1.14. The van der Waals surface area contributed by atoms with Crippen LogP contribution >= 0.6 is 0 Å². The molecule has 1 radical (unpaired) electrons. The lowest BCUT2D eigenvalue weighted by atomic mass is 10.0. The van der Waals surface area contributed by atoms with E-state index in [2.05, 4.69) is 0 Å². The number of carbonyl (C=O) groups excluding carboxylic acids is 2. The molecule has 0 spiro atoms. The number of hydrogen-bond donors (Lipinski definition) is 0. The first-order chi connectivity index (χ1) is 8.58. The van der Waals surface area contributed by atoms with Crippen molar-refractivity contribution < 1.29 is 18.2 Å². The van der Waals surface area contributed by atoms with E-state index in [1.54, 1.807) is 31.2 Å². The molecule has 0 fully saturated rings. The van der Waals surface area contributed by atoms with Gasteiger partial charge in [-0.05, 0) is 12.1 Å². The highest BCUT2D eigenvalue weighted by Crippen LogP contribution is 2.07. The highest BCUT2D eigenvalue weighted by molar-refractivity contribution is 6.15. The van der Waals surface area contributed by atoms with Gasteiger partial charge in [0.25, 0.3) is 0 Å². The SMILES string of the molecule is CCC(=O)CC(=O)c1ccc(C#N)cc1.F[B]F. The minimum Gasteiger partial charge on any atom is -0.299 e. The summed E-state index contributed by atoms with van der Waals surface area (Å²) in [7, 11) is -1.00. The first kappa shape index (κ1) is 16.0. The van der Waals surface area contributed by atoms with Gasteiger partial charge in [0, 0.05) is 12.0 Å². The third kappa shape index (κ3) is 5.90. The first-order valence-corrected chi connectivity index (χ1v) is 5.16. The maximum absolute atomic E-state index is 11.5. The van der Waals surface area contributed by atoms with Crippen LogP contribution < -0.4 is 0 Å². The number of halogens is 2. The topological polar surface area (TPSA) is 57.9 Å². The van der Waals surface area contributed by atoms with E-state index in [0.29, 0.717) is 17.5 Å². The van der Waals surface area contributed by atoms with Crippen LogP contribution in [-0.2, 0) is 4.79 Å². The Morgan fingerprint density at radius 1 is 1.28 bits per heavy atom. The molecular formula is C12H11BF2NO2. The molecule has 0 aromatic heterocycles. The van der Waals surface area contributed by atoms with E-state index in [1.807, 2.05) is 6.07 Å². The van der Waals surface area contributed by atoms with Gasteiger partial charge in [-0.3, -0.25) is 18.2 Å². The molecule has 3 nitrogen and oxygen atoms in total. The maximum Gasteiger partial charge on any atom is 0.577 e. The Hall–Kier alpha value is -2.03. The van der Waals surface area contributed by atoms with Crippen LogP contribution in [-0.4, -0.2) is 19.4 Å². The third-order valence-electron chi connectivity index (χ3n) is 2.09. The Morgan fingerprint density at radius 2 is 1.78 bits per heavy atom. The summed E-state index contributed by atoms with van der Waals surface area (Å²) in [5, 5.41) is 8.56. The Morgan fingerprint density at radius 3 is 2.17 bits per heavy atom. The number of Topliss-reactive ketones (excluding diaryl/α,β-unsaturated/α-hetero) is 2. The molecule has 18 heavy (non-hydrogen) atoms. The molecule has 6 heteroatoms. The summed E-state index contributed by atoms with van der Waals surface area (Å²) in [6, 6.07) is 8.26. The van der Waals surface area contributed by atoms with Gasteiger partial charge in [-0.1, -0.05) is 19.1 Å². The molecule has 1 aromatic carbocycles. The predicted molar refractivity (Wildman–Crippen MR) is 63.4 cm³/mol. The number of ketones is 2. The first-order valence-electron chi connectivity index (χ1n) is 5.16. The number of nitrogens with zero attached hydrogens (tertiary/aromatic N) is 1. The molecule has 0 heterocycles. The Balaban J connectivity index is 0.000000873. The Kier molecular flexibility index (Phi) is 8.03. The fourth-order valence-electron chi connectivity index (χ4n) is 1.14. The molecule has 0 bridgehead atoms. The molecule has 0 unspecified atom stereocenters. The summed E-state index contributed by atoms with van der Waals surface area (Å²) in [5.74, 6) is -0.254. The van der Waals surface area contributed by atoms with Crippen LogP contribution in [0.1, 0.15) is 35.7 Å². The van der Waals surface area contributed by atoms with Crippen LogP contribution in [0.3, 0.4) is 0 Å². The van der Waals surface area contributed by atoms with Gasteiger partial charge in [0.2, 0.25) is 0 Å². The monoisotopic (exact) mass is 250 g/mol. The highest BCUT2D eigenvalue weighted by Gasteiger charge is 2.09. The normalized spacial score (nSPS) is 8.56. The molecule has 93 valence electrons. The number of rotatable bonds is 4. The van der Waals surface area contributed by atoms with Gasteiger partial charge in [0.1, 0.15) is 5.78 Å². The average Bonchev–Trinajstić information content (AvgIpc) is 2.39. The van der Waals surface area contributed by atoms with Crippen LogP contribution in [0.25, 0.3) is 0 Å². The summed E-state index contributed by atoms with van der Waals surface area (Å²) in [4.78, 5) is 22.6. The van der Waals surface area contributed by atoms with Crippen LogP contribution in [0.2, 0.25) is 0 Å². The van der Waals surface area contributed by atoms with Crippen molar-refractivity contribution in [3.05, 3.63) is 35.4 Å². The Bertz CT molecular complexity index is 440. The van der Waals surface area contributed by atoms with Crippen molar-refractivity contribution in [2.24, 2.45) is 0 Å². The van der Waals surface area contributed by atoms with Gasteiger partial charge in [-0.25, -0.2) is 0 Å². The molecular weight excluding hydrogens is 239 g/mol. The lowest BCUT2D eigenvalue weighted by Gasteiger charge is -1.98. The van der Waals surface area contributed by atoms with Crippen molar-refractivity contribution >= 4 is 19.4 Å².